The number of amides is 1. The summed E-state index contributed by atoms with van der Waals surface area (Å²) in [6, 6.07) is 15.9. The fourth-order valence-electron chi connectivity index (χ4n) is 4.10. The van der Waals surface area contributed by atoms with E-state index >= 15 is 0 Å². The van der Waals surface area contributed by atoms with E-state index in [2.05, 4.69) is 42.3 Å². The van der Waals surface area contributed by atoms with Gasteiger partial charge in [-0.3, -0.25) is 9.59 Å². The fraction of sp³-hybridized carbons (Fsp3) is 0.320. The summed E-state index contributed by atoms with van der Waals surface area (Å²) < 4.78 is 0. The second-order valence-corrected chi connectivity index (χ2v) is 8.13. The van der Waals surface area contributed by atoms with E-state index in [1.165, 1.54) is 11.1 Å². The van der Waals surface area contributed by atoms with Gasteiger partial charge in [-0.25, -0.2) is 4.98 Å². The molecule has 1 aliphatic rings. The molecule has 5 heteroatoms. The molecule has 1 aromatic heterocycles. The molecule has 154 valence electrons. The van der Waals surface area contributed by atoms with Crippen LogP contribution in [0.5, 0.6) is 0 Å². The lowest BCUT2D eigenvalue weighted by atomic mass is 9.98. The molecule has 1 unspecified atom stereocenters. The van der Waals surface area contributed by atoms with Crippen molar-refractivity contribution in [2.75, 3.05) is 0 Å². The van der Waals surface area contributed by atoms with Crippen molar-refractivity contribution in [1.82, 2.24) is 15.3 Å². The van der Waals surface area contributed by atoms with E-state index < -0.39 is 0 Å². The first-order valence-corrected chi connectivity index (χ1v) is 10.5. The van der Waals surface area contributed by atoms with Crippen LogP contribution in [0.25, 0.3) is 11.4 Å². The van der Waals surface area contributed by atoms with Crippen LogP contribution >= 0.6 is 0 Å². The molecule has 1 heterocycles. The maximum absolute atomic E-state index is 12.8. The lowest BCUT2D eigenvalue weighted by Crippen LogP contribution is -2.30. The molecule has 0 spiro atoms. The minimum atomic E-state index is -0.108. The number of rotatable bonds is 4. The molecular weight excluding hydrogens is 374 g/mol. The average Bonchev–Trinajstić information content (AvgIpc) is 2.98. The van der Waals surface area contributed by atoms with E-state index in [0.717, 1.165) is 22.4 Å². The Morgan fingerprint density at radius 1 is 1.10 bits per heavy atom. The number of hydrogen-bond donors (Lipinski definition) is 2. The standard InChI is InChI=1S/C25H27N3O2/c1-16-8-9-17(2)20(14-16)15-26-24(29)19-10-12-21-22(13-11-19)27-23(28-25(21)30)18-6-4-3-5-7-18/h3-9,14,19H,10-13,15H2,1-2H3,(H,26,29)(H,27,28,30). The predicted octanol–water partition coefficient (Wildman–Crippen LogP) is 3.87. The quantitative estimate of drug-likeness (QED) is 0.652. The van der Waals surface area contributed by atoms with Gasteiger partial charge in [-0.15, -0.1) is 0 Å². The van der Waals surface area contributed by atoms with Gasteiger partial charge >= 0.3 is 0 Å². The summed E-state index contributed by atoms with van der Waals surface area (Å²) in [4.78, 5) is 33.1. The summed E-state index contributed by atoms with van der Waals surface area (Å²) in [6.45, 7) is 4.65. The van der Waals surface area contributed by atoms with E-state index in [4.69, 9.17) is 4.98 Å². The van der Waals surface area contributed by atoms with Crippen LogP contribution in [0.1, 0.15) is 40.8 Å². The molecule has 0 bridgehead atoms. The Morgan fingerprint density at radius 2 is 1.87 bits per heavy atom. The number of H-pyrrole nitrogens is 1. The molecule has 1 atom stereocenters. The molecule has 3 aromatic rings. The summed E-state index contributed by atoms with van der Waals surface area (Å²) in [7, 11) is 0. The lowest BCUT2D eigenvalue weighted by molar-refractivity contribution is -0.125. The summed E-state index contributed by atoms with van der Waals surface area (Å²) in [5, 5.41) is 3.10. The van der Waals surface area contributed by atoms with E-state index in [9.17, 15) is 9.59 Å². The molecule has 2 N–H and O–H groups in total. The summed E-state index contributed by atoms with van der Waals surface area (Å²) >= 11 is 0. The highest BCUT2D eigenvalue weighted by molar-refractivity contribution is 5.78. The van der Waals surface area contributed by atoms with Gasteiger partial charge in [-0.05, 0) is 50.7 Å². The van der Waals surface area contributed by atoms with Crippen LogP contribution in [0.15, 0.2) is 53.3 Å². The first kappa shape index (κ1) is 20.1. The minimum absolute atomic E-state index is 0.0587. The van der Waals surface area contributed by atoms with Gasteiger partial charge in [0, 0.05) is 23.6 Å². The molecule has 0 radical (unpaired) electrons. The number of carbonyl (C=O) groups excluding carboxylic acids is 1. The third-order valence-electron chi connectivity index (χ3n) is 5.95. The summed E-state index contributed by atoms with van der Waals surface area (Å²) in [6.07, 6.45) is 2.59. The van der Waals surface area contributed by atoms with Crippen molar-refractivity contribution >= 4 is 5.91 Å². The predicted molar refractivity (Wildman–Crippen MR) is 118 cm³/mol. The van der Waals surface area contributed by atoms with Gasteiger partial charge in [-0.2, -0.15) is 0 Å². The van der Waals surface area contributed by atoms with E-state index in [1.807, 2.05) is 30.3 Å². The first-order valence-electron chi connectivity index (χ1n) is 10.5. The second-order valence-electron chi connectivity index (χ2n) is 8.13. The van der Waals surface area contributed by atoms with Crippen LogP contribution in [0.3, 0.4) is 0 Å². The van der Waals surface area contributed by atoms with E-state index in [-0.39, 0.29) is 17.4 Å². The molecule has 1 aliphatic carbocycles. The Morgan fingerprint density at radius 3 is 2.67 bits per heavy atom. The molecule has 2 aromatic carbocycles. The SMILES string of the molecule is Cc1ccc(C)c(CNC(=O)C2CCc3nc(-c4ccccc4)[nH]c(=O)c3CC2)c1. The van der Waals surface area contributed by atoms with E-state index in [0.29, 0.717) is 38.1 Å². The largest absolute Gasteiger partial charge is 0.352 e. The van der Waals surface area contributed by atoms with Gasteiger partial charge < -0.3 is 10.3 Å². The normalized spacial score (nSPS) is 15.9. The molecule has 5 nitrogen and oxygen atoms in total. The third-order valence-corrected chi connectivity index (χ3v) is 5.95. The Labute approximate surface area is 176 Å². The minimum Gasteiger partial charge on any atom is -0.352 e. The highest BCUT2D eigenvalue weighted by atomic mass is 16.2. The zero-order valence-electron chi connectivity index (χ0n) is 17.5. The monoisotopic (exact) mass is 401 g/mol. The zero-order valence-corrected chi connectivity index (χ0v) is 17.5. The van der Waals surface area contributed by atoms with E-state index in [1.54, 1.807) is 0 Å². The van der Waals surface area contributed by atoms with Crippen molar-refractivity contribution in [2.24, 2.45) is 5.92 Å². The Bertz CT molecular complexity index is 1120. The molecule has 0 saturated heterocycles. The van der Waals surface area contributed by atoms with Crippen LogP contribution in [-0.4, -0.2) is 15.9 Å². The highest BCUT2D eigenvalue weighted by Crippen LogP contribution is 2.24. The van der Waals surface area contributed by atoms with Crippen LogP contribution in [0, 0.1) is 19.8 Å². The van der Waals surface area contributed by atoms with Crippen molar-refractivity contribution in [3.63, 3.8) is 0 Å². The topological polar surface area (TPSA) is 74.8 Å². The highest BCUT2D eigenvalue weighted by Gasteiger charge is 2.25. The number of nitrogens with zero attached hydrogens (tertiary/aromatic N) is 1. The molecule has 1 amide bonds. The zero-order chi connectivity index (χ0) is 21.1. The van der Waals surface area contributed by atoms with Gasteiger partial charge in [-0.1, -0.05) is 54.1 Å². The van der Waals surface area contributed by atoms with Crippen LogP contribution in [0.2, 0.25) is 0 Å². The Hall–Kier alpha value is -3.21. The van der Waals surface area contributed by atoms with Crippen molar-refractivity contribution in [1.29, 1.82) is 0 Å². The van der Waals surface area contributed by atoms with Gasteiger partial charge in [0.15, 0.2) is 0 Å². The lowest BCUT2D eigenvalue weighted by Gasteiger charge is -2.15. The number of aromatic nitrogens is 2. The van der Waals surface area contributed by atoms with Crippen molar-refractivity contribution < 1.29 is 4.79 Å². The molecule has 0 fully saturated rings. The number of nitrogens with one attached hydrogen (secondary N) is 2. The number of hydrogen-bond acceptors (Lipinski definition) is 3. The maximum Gasteiger partial charge on any atom is 0.254 e. The second kappa shape index (κ2) is 8.66. The molecule has 4 rings (SSSR count). The number of aromatic amines is 1. The molecule has 0 aliphatic heterocycles. The Balaban J connectivity index is 1.46. The smallest absolute Gasteiger partial charge is 0.254 e. The van der Waals surface area contributed by atoms with Gasteiger partial charge in [0.05, 0.1) is 5.69 Å². The van der Waals surface area contributed by atoms with Crippen LogP contribution in [0.4, 0.5) is 0 Å². The summed E-state index contributed by atoms with van der Waals surface area (Å²) in [5.41, 5.74) is 5.86. The van der Waals surface area contributed by atoms with Gasteiger partial charge in [0.25, 0.3) is 5.56 Å². The maximum atomic E-state index is 12.8. The average molecular weight is 402 g/mol. The van der Waals surface area contributed by atoms with Crippen molar-refractivity contribution in [2.45, 2.75) is 46.1 Å². The fourth-order valence-corrected chi connectivity index (χ4v) is 4.10. The molecule has 30 heavy (non-hydrogen) atoms. The van der Waals surface area contributed by atoms with Gasteiger partial charge in [0.2, 0.25) is 5.91 Å². The van der Waals surface area contributed by atoms with Gasteiger partial charge in [0.1, 0.15) is 5.82 Å². The first-order chi connectivity index (χ1) is 14.5. The van der Waals surface area contributed by atoms with Crippen LogP contribution < -0.4 is 10.9 Å². The molecular formula is C25H27N3O2. The van der Waals surface area contributed by atoms with Crippen molar-refractivity contribution in [3.05, 3.63) is 86.8 Å². The van der Waals surface area contributed by atoms with Crippen LogP contribution in [-0.2, 0) is 24.2 Å². The van der Waals surface area contributed by atoms with Crippen molar-refractivity contribution in [3.8, 4) is 11.4 Å². The number of carbonyl (C=O) groups is 1. The molecule has 0 saturated carbocycles. The number of benzene rings is 2. The third kappa shape index (κ3) is 4.35. The summed E-state index contributed by atoms with van der Waals surface area (Å²) in [5.74, 6) is 0.546. The number of fused-ring (bicyclic) bond motifs is 1. The number of aryl methyl sites for hydroxylation is 3. The Kier molecular flexibility index (Phi) is 5.79.